The summed E-state index contributed by atoms with van der Waals surface area (Å²) in [7, 11) is 0. The van der Waals surface area contributed by atoms with Gasteiger partial charge < -0.3 is 10.4 Å². The number of amides is 2. The smallest absolute Gasteiger partial charge is 0.338 e. The van der Waals surface area contributed by atoms with Gasteiger partial charge in [0.15, 0.2) is 6.61 Å². The number of carboxylic acid groups (broad SMARTS) is 1. The van der Waals surface area contributed by atoms with Gasteiger partial charge in [-0.25, -0.2) is 15.1 Å². The average molecular weight is 202 g/mol. The van der Waals surface area contributed by atoms with E-state index < -0.39 is 18.6 Å². The molecule has 0 aromatic heterocycles. The molecule has 0 saturated carbocycles. The molecule has 3 N–H and O–H groups in total. The Morgan fingerprint density at radius 2 is 2.29 bits per heavy atom. The SMILES string of the molecule is C=CCC(C)NC(=O)NOCC(=O)O. The van der Waals surface area contributed by atoms with E-state index in [1.165, 1.54) is 0 Å². The monoisotopic (exact) mass is 202 g/mol. The second-order valence-electron chi connectivity index (χ2n) is 2.68. The molecule has 2 amide bonds. The van der Waals surface area contributed by atoms with Crippen LogP contribution in [0.5, 0.6) is 0 Å². The van der Waals surface area contributed by atoms with Crippen molar-refractivity contribution in [2.45, 2.75) is 19.4 Å². The number of carboxylic acids is 1. The standard InChI is InChI=1S/C8H14N2O4/c1-3-4-6(2)9-8(13)10-14-5-7(11)12/h3,6H,1,4-5H2,2H3,(H,11,12)(H2,9,10,13). The van der Waals surface area contributed by atoms with Gasteiger partial charge in [0, 0.05) is 6.04 Å². The average Bonchev–Trinajstić information content (AvgIpc) is 2.03. The van der Waals surface area contributed by atoms with Gasteiger partial charge in [-0.2, -0.15) is 0 Å². The zero-order valence-corrected chi connectivity index (χ0v) is 7.95. The van der Waals surface area contributed by atoms with Crippen LogP contribution in [0.25, 0.3) is 0 Å². The summed E-state index contributed by atoms with van der Waals surface area (Å²) in [4.78, 5) is 25.3. The van der Waals surface area contributed by atoms with Gasteiger partial charge in [0.1, 0.15) is 0 Å². The second kappa shape index (κ2) is 6.90. The fourth-order valence-corrected chi connectivity index (χ4v) is 0.726. The lowest BCUT2D eigenvalue weighted by molar-refractivity contribution is -0.144. The molecule has 0 fully saturated rings. The maximum Gasteiger partial charge on any atom is 0.338 e. The van der Waals surface area contributed by atoms with Crippen LogP contribution in [-0.2, 0) is 9.63 Å². The quantitative estimate of drug-likeness (QED) is 0.426. The molecular weight excluding hydrogens is 188 g/mol. The summed E-state index contributed by atoms with van der Waals surface area (Å²) >= 11 is 0. The first-order chi connectivity index (χ1) is 6.56. The summed E-state index contributed by atoms with van der Waals surface area (Å²) in [5, 5.41) is 10.7. The van der Waals surface area contributed by atoms with Gasteiger partial charge in [0.25, 0.3) is 0 Å². The highest BCUT2D eigenvalue weighted by molar-refractivity contribution is 5.73. The Morgan fingerprint density at radius 3 is 2.79 bits per heavy atom. The summed E-state index contributed by atoms with van der Waals surface area (Å²) < 4.78 is 0. The van der Waals surface area contributed by atoms with E-state index >= 15 is 0 Å². The molecule has 80 valence electrons. The third-order valence-electron chi connectivity index (χ3n) is 1.26. The number of carbonyl (C=O) groups excluding carboxylic acids is 1. The normalized spacial score (nSPS) is 11.5. The highest BCUT2D eigenvalue weighted by Crippen LogP contribution is 1.89. The third kappa shape index (κ3) is 7.11. The van der Waals surface area contributed by atoms with Crippen molar-refractivity contribution in [2.75, 3.05) is 6.61 Å². The van der Waals surface area contributed by atoms with Crippen LogP contribution in [0.3, 0.4) is 0 Å². The Bertz CT molecular complexity index is 217. The molecule has 0 spiro atoms. The molecule has 6 heteroatoms. The lowest BCUT2D eigenvalue weighted by atomic mass is 10.2. The summed E-state index contributed by atoms with van der Waals surface area (Å²) in [6.45, 7) is 4.74. The largest absolute Gasteiger partial charge is 0.479 e. The Hall–Kier alpha value is -1.56. The number of hydrogen-bond acceptors (Lipinski definition) is 3. The predicted molar refractivity (Wildman–Crippen MR) is 49.5 cm³/mol. The minimum atomic E-state index is -1.15. The first-order valence-electron chi connectivity index (χ1n) is 4.07. The summed E-state index contributed by atoms with van der Waals surface area (Å²) in [5.74, 6) is -1.15. The summed E-state index contributed by atoms with van der Waals surface area (Å²) in [5.41, 5.74) is 1.94. The number of aliphatic carboxylic acids is 1. The van der Waals surface area contributed by atoms with Crippen LogP contribution in [0.15, 0.2) is 12.7 Å². The Labute approximate surface area is 81.9 Å². The van der Waals surface area contributed by atoms with Gasteiger partial charge in [-0.15, -0.1) is 6.58 Å². The number of hydrogen-bond donors (Lipinski definition) is 3. The molecule has 0 radical (unpaired) electrons. The second-order valence-corrected chi connectivity index (χ2v) is 2.68. The fraction of sp³-hybridized carbons (Fsp3) is 0.500. The molecule has 0 aromatic rings. The van der Waals surface area contributed by atoms with Gasteiger partial charge in [0.05, 0.1) is 0 Å². The van der Waals surface area contributed by atoms with Crippen molar-refractivity contribution >= 4 is 12.0 Å². The molecule has 0 heterocycles. The predicted octanol–water partition coefficient (Wildman–Crippen LogP) is 0.266. The summed E-state index contributed by atoms with van der Waals surface area (Å²) in [6, 6.07) is -0.637. The van der Waals surface area contributed by atoms with E-state index in [9.17, 15) is 9.59 Å². The van der Waals surface area contributed by atoms with E-state index in [0.29, 0.717) is 6.42 Å². The Morgan fingerprint density at radius 1 is 1.64 bits per heavy atom. The van der Waals surface area contributed by atoms with E-state index in [1.54, 1.807) is 13.0 Å². The zero-order chi connectivity index (χ0) is 11.0. The number of urea groups is 1. The van der Waals surface area contributed by atoms with Crippen molar-refractivity contribution < 1.29 is 19.5 Å². The van der Waals surface area contributed by atoms with Crippen LogP contribution in [-0.4, -0.2) is 29.8 Å². The van der Waals surface area contributed by atoms with Crippen molar-refractivity contribution in [3.63, 3.8) is 0 Å². The molecular formula is C8H14N2O4. The molecule has 0 saturated heterocycles. The molecule has 0 bridgehead atoms. The molecule has 14 heavy (non-hydrogen) atoms. The molecule has 0 aliphatic rings. The molecule has 0 aliphatic carbocycles. The van der Waals surface area contributed by atoms with Crippen molar-refractivity contribution in [1.29, 1.82) is 0 Å². The Kier molecular flexibility index (Phi) is 6.13. The molecule has 1 unspecified atom stereocenters. The van der Waals surface area contributed by atoms with E-state index in [2.05, 4.69) is 16.7 Å². The van der Waals surface area contributed by atoms with Crippen LogP contribution in [0.1, 0.15) is 13.3 Å². The lowest BCUT2D eigenvalue weighted by Gasteiger charge is -2.11. The van der Waals surface area contributed by atoms with Crippen molar-refractivity contribution in [2.24, 2.45) is 0 Å². The first kappa shape index (κ1) is 12.4. The maximum absolute atomic E-state index is 10.9. The van der Waals surface area contributed by atoms with Gasteiger partial charge >= 0.3 is 12.0 Å². The molecule has 0 aromatic carbocycles. The van der Waals surface area contributed by atoms with Gasteiger partial charge in [0.2, 0.25) is 0 Å². The molecule has 0 aliphatic heterocycles. The topological polar surface area (TPSA) is 87.7 Å². The molecule has 0 rings (SSSR count). The van der Waals surface area contributed by atoms with Crippen LogP contribution in [0, 0.1) is 0 Å². The van der Waals surface area contributed by atoms with Crippen LogP contribution >= 0.6 is 0 Å². The first-order valence-corrected chi connectivity index (χ1v) is 4.07. The zero-order valence-electron chi connectivity index (χ0n) is 7.95. The Balaban J connectivity index is 3.54. The highest BCUT2D eigenvalue weighted by Gasteiger charge is 2.05. The van der Waals surface area contributed by atoms with E-state index in [0.717, 1.165) is 0 Å². The van der Waals surface area contributed by atoms with Crippen molar-refractivity contribution in [1.82, 2.24) is 10.8 Å². The highest BCUT2D eigenvalue weighted by atomic mass is 16.7. The number of rotatable bonds is 6. The summed E-state index contributed by atoms with van der Waals surface area (Å²) in [6.07, 6.45) is 2.30. The fourth-order valence-electron chi connectivity index (χ4n) is 0.726. The van der Waals surface area contributed by atoms with E-state index in [-0.39, 0.29) is 6.04 Å². The third-order valence-corrected chi connectivity index (χ3v) is 1.26. The van der Waals surface area contributed by atoms with Crippen LogP contribution in [0.2, 0.25) is 0 Å². The van der Waals surface area contributed by atoms with Gasteiger partial charge in [-0.3, -0.25) is 4.84 Å². The van der Waals surface area contributed by atoms with E-state index in [4.69, 9.17) is 5.11 Å². The van der Waals surface area contributed by atoms with Crippen molar-refractivity contribution in [3.8, 4) is 0 Å². The number of nitrogens with one attached hydrogen (secondary N) is 2. The minimum Gasteiger partial charge on any atom is -0.479 e. The van der Waals surface area contributed by atoms with Crippen LogP contribution < -0.4 is 10.8 Å². The molecule has 6 nitrogen and oxygen atoms in total. The number of carbonyl (C=O) groups is 2. The number of hydroxylamine groups is 1. The van der Waals surface area contributed by atoms with E-state index in [1.807, 2.05) is 5.48 Å². The van der Waals surface area contributed by atoms with Gasteiger partial charge in [-0.1, -0.05) is 6.08 Å². The maximum atomic E-state index is 10.9. The minimum absolute atomic E-state index is 0.0686. The van der Waals surface area contributed by atoms with Gasteiger partial charge in [-0.05, 0) is 13.3 Å². The lowest BCUT2D eigenvalue weighted by Crippen LogP contribution is -2.41. The molecule has 1 atom stereocenters. The van der Waals surface area contributed by atoms with Crippen LogP contribution in [0.4, 0.5) is 4.79 Å². The van der Waals surface area contributed by atoms with Crippen molar-refractivity contribution in [3.05, 3.63) is 12.7 Å².